The summed E-state index contributed by atoms with van der Waals surface area (Å²) >= 11 is 0. The van der Waals surface area contributed by atoms with Crippen molar-refractivity contribution in [3.63, 3.8) is 0 Å². The zero-order valence-electron chi connectivity index (χ0n) is 62.3. The maximum Gasteiger partial charge on any atom is 0.490 e. The summed E-state index contributed by atoms with van der Waals surface area (Å²) in [5.74, 6) is 0. The average Bonchev–Trinajstić information content (AvgIpc) is 1.52. The molecular weight excluding hydrogens is 1180 g/mol. The smallest absolute Gasteiger partial charge is 0.423 e. The molecule has 0 aliphatic heterocycles. The van der Waals surface area contributed by atoms with Crippen LogP contribution in [0.25, 0.3) is 44.3 Å². The highest BCUT2D eigenvalue weighted by Crippen LogP contribution is 2.62. The van der Waals surface area contributed by atoms with E-state index in [0.29, 0.717) is 33.0 Å². The Kier molecular flexibility index (Phi) is 38.9. The fourth-order valence-corrected chi connectivity index (χ4v) is 17.5. The number of rotatable bonds is 62. The van der Waals surface area contributed by atoms with Crippen molar-refractivity contribution in [3.8, 4) is 22.3 Å². The molecule has 2 aliphatic rings. The second kappa shape index (κ2) is 46.8. The standard InChI is InChI=1S/C84H140B2N4O6/c1-5-9-13-17-21-25-29-33-37-41-45-49-53-57-61-83(62-58-54-50-46-42-38-34-30-26-22-18-14-10-6-2)71-65-70-72(66-69(71)77-73(83)67-75(85(91)92)79-81(77)89-95-87-79)84(74-68-76(86(93)94)80-82(78(70)74)90-96-88-80,63-59-55-51-47-43-39-35-31-27-23-19-15-11-7-3)64-60-56-52-48-44-40-36-32-28-24-20-16-12-8-4/h65-68,91-94H,5-64H2,1-4H3. The van der Waals surface area contributed by atoms with Gasteiger partial charge in [0.1, 0.15) is 22.1 Å². The highest BCUT2D eigenvalue weighted by atomic mass is 16.6. The Balaban J connectivity index is 1.19. The molecule has 538 valence electrons. The van der Waals surface area contributed by atoms with Gasteiger partial charge in [-0.05, 0) is 81.5 Å². The van der Waals surface area contributed by atoms with Gasteiger partial charge in [-0.3, -0.25) is 0 Å². The van der Waals surface area contributed by atoms with Crippen molar-refractivity contribution < 1.29 is 29.4 Å². The van der Waals surface area contributed by atoms with Gasteiger partial charge in [0.15, 0.2) is 0 Å². The third kappa shape index (κ3) is 24.3. The average molecular weight is 1320 g/mol. The predicted octanol–water partition coefficient (Wildman–Crippen LogP) is 24.1. The van der Waals surface area contributed by atoms with Gasteiger partial charge in [-0.2, -0.15) is 0 Å². The molecule has 0 spiro atoms. The van der Waals surface area contributed by atoms with Crippen molar-refractivity contribution in [1.29, 1.82) is 0 Å². The Bertz CT molecular complexity index is 2590. The monoisotopic (exact) mass is 1320 g/mol. The van der Waals surface area contributed by atoms with E-state index in [1.807, 2.05) is 0 Å². The number of hydrogen-bond acceptors (Lipinski definition) is 10. The van der Waals surface area contributed by atoms with Crippen LogP contribution in [0.2, 0.25) is 0 Å². The van der Waals surface area contributed by atoms with Crippen LogP contribution in [0.1, 0.15) is 435 Å². The Morgan fingerprint density at radius 1 is 0.250 bits per heavy atom. The summed E-state index contributed by atoms with van der Waals surface area (Å²) < 4.78 is 11.3. The molecule has 10 nitrogen and oxygen atoms in total. The van der Waals surface area contributed by atoms with E-state index in [-0.39, 0.29) is 0 Å². The van der Waals surface area contributed by atoms with Crippen molar-refractivity contribution in [2.45, 2.75) is 424 Å². The van der Waals surface area contributed by atoms with E-state index < -0.39 is 25.1 Å². The second-order valence-electron chi connectivity index (χ2n) is 30.9. The van der Waals surface area contributed by atoms with Gasteiger partial charge >= 0.3 is 14.2 Å². The van der Waals surface area contributed by atoms with Gasteiger partial charge in [-0.1, -0.05) is 410 Å². The third-order valence-electron chi connectivity index (χ3n) is 23.3. The molecule has 2 aromatic heterocycles. The molecule has 0 atom stereocenters. The topological polar surface area (TPSA) is 159 Å². The maximum absolute atomic E-state index is 11.3. The summed E-state index contributed by atoms with van der Waals surface area (Å²) in [6.07, 6.45) is 76.7. The number of hydrogen-bond donors (Lipinski definition) is 4. The van der Waals surface area contributed by atoms with Crippen molar-refractivity contribution in [2.75, 3.05) is 0 Å². The van der Waals surface area contributed by atoms with Crippen molar-refractivity contribution in [3.05, 3.63) is 46.5 Å². The summed E-state index contributed by atoms with van der Waals surface area (Å²) in [7, 11) is -3.48. The summed E-state index contributed by atoms with van der Waals surface area (Å²) in [4.78, 5) is 0. The Hall–Kier alpha value is -3.57. The van der Waals surface area contributed by atoms with E-state index >= 15 is 0 Å². The first kappa shape index (κ1) is 79.8. The number of aromatic nitrogens is 4. The fraction of sp³-hybridized carbons (Fsp3) is 0.786. The van der Waals surface area contributed by atoms with Gasteiger partial charge in [0, 0.05) is 32.9 Å². The van der Waals surface area contributed by atoms with Gasteiger partial charge in [0.2, 0.25) is 0 Å². The number of fused-ring (bicyclic) bond motifs is 10. The number of unbranched alkanes of at least 4 members (excludes halogenated alkanes) is 52. The zero-order valence-corrected chi connectivity index (χ0v) is 62.3. The lowest BCUT2D eigenvalue weighted by Crippen LogP contribution is -2.34. The molecule has 7 rings (SSSR count). The lowest BCUT2D eigenvalue weighted by atomic mass is 9.67. The van der Waals surface area contributed by atoms with E-state index in [4.69, 9.17) is 19.6 Å². The lowest BCUT2D eigenvalue weighted by molar-refractivity contribution is 0.315. The maximum atomic E-state index is 11.3. The molecular formula is C84H140B2N4O6. The molecule has 0 saturated carbocycles. The first-order valence-corrected chi connectivity index (χ1v) is 41.8. The molecule has 0 unspecified atom stereocenters. The van der Waals surface area contributed by atoms with Crippen molar-refractivity contribution in [2.24, 2.45) is 0 Å². The second-order valence-corrected chi connectivity index (χ2v) is 30.9. The molecule has 0 bridgehead atoms. The van der Waals surface area contributed by atoms with Crippen LogP contribution in [0.4, 0.5) is 0 Å². The Morgan fingerprint density at radius 3 is 0.635 bits per heavy atom. The van der Waals surface area contributed by atoms with Crippen LogP contribution < -0.4 is 10.9 Å². The minimum atomic E-state index is -1.74. The Labute approximate surface area is 586 Å². The lowest BCUT2D eigenvalue weighted by Gasteiger charge is -2.35. The van der Waals surface area contributed by atoms with Crippen LogP contribution in [0.3, 0.4) is 0 Å². The molecule has 0 fully saturated rings. The van der Waals surface area contributed by atoms with Crippen LogP contribution in [0.5, 0.6) is 0 Å². The zero-order chi connectivity index (χ0) is 67.7. The predicted molar refractivity (Wildman–Crippen MR) is 409 cm³/mol. The van der Waals surface area contributed by atoms with Gasteiger partial charge in [-0.25, -0.2) is 9.26 Å². The first-order valence-electron chi connectivity index (χ1n) is 41.8. The van der Waals surface area contributed by atoms with Crippen LogP contribution in [-0.2, 0) is 10.8 Å². The van der Waals surface area contributed by atoms with Gasteiger partial charge < -0.3 is 20.1 Å². The molecule has 0 saturated heterocycles. The highest BCUT2D eigenvalue weighted by molar-refractivity contribution is 6.62. The van der Waals surface area contributed by atoms with Crippen LogP contribution in [0, 0.1) is 0 Å². The molecule has 3 aromatic carbocycles. The highest BCUT2D eigenvalue weighted by Gasteiger charge is 2.50. The Morgan fingerprint density at radius 2 is 0.438 bits per heavy atom. The number of nitrogens with zero attached hydrogens (tertiary/aromatic N) is 4. The van der Waals surface area contributed by atoms with Gasteiger partial charge in [0.05, 0.1) is 0 Å². The van der Waals surface area contributed by atoms with Crippen molar-refractivity contribution >= 4 is 47.2 Å². The summed E-state index contributed by atoms with van der Waals surface area (Å²) in [6.45, 7) is 9.20. The largest absolute Gasteiger partial charge is 0.490 e. The van der Waals surface area contributed by atoms with Crippen LogP contribution in [0.15, 0.2) is 33.5 Å². The normalized spacial score (nSPS) is 13.6. The molecule has 2 aliphatic carbocycles. The van der Waals surface area contributed by atoms with E-state index in [9.17, 15) is 20.1 Å². The van der Waals surface area contributed by atoms with E-state index in [1.165, 1.54) is 319 Å². The molecule has 0 amide bonds. The van der Waals surface area contributed by atoms with Crippen LogP contribution >= 0.6 is 0 Å². The fourth-order valence-electron chi connectivity index (χ4n) is 17.5. The minimum absolute atomic E-state index is 0.359. The SMILES string of the molecule is CCCCCCCCCCCCCCCCC1(CCCCCCCCCCCCCCCC)c2cc3c(cc2-c2c1cc(B(O)O)c1nonc21)C(CCCCCCCCCCCCCCCC)(CCCCCCCCCCCCCCCC)c1cc(B(O)O)c2nonc2c1-3. The summed E-state index contributed by atoms with van der Waals surface area (Å²) in [5, 5.41) is 63.4. The van der Waals surface area contributed by atoms with Crippen LogP contribution in [-0.4, -0.2) is 55.0 Å². The molecule has 4 N–H and O–H groups in total. The quantitative estimate of drug-likeness (QED) is 0.0218. The minimum Gasteiger partial charge on any atom is -0.423 e. The molecule has 96 heavy (non-hydrogen) atoms. The molecule has 5 aromatic rings. The molecule has 2 heterocycles. The van der Waals surface area contributed by atoms with Crippen molar-refractivity contribution in [1.82, 2.24) is 20.6 Å². The van der Waals surface area contributed by atoms with Gasteiger partial charge in [-0.15, -0.1) is 0 Å². The van der Waals surface area contributed by atoms with E-state index in [2.05, 4.69) is 62.3 Å². The summed E-state index contributed by atoms with van der Waals surface area (Å²) in [5.41, 5.74) is 11.1. The molecule has 12 heteroatoms. The summed E-state index contributed by atoms with van der Waals surface area (Å²) in [6, 6.07) is 9.24. The van der Waals surface area contributed by atoms with E-state index in [1.54, 1.807) is 0 Å². The van der Waals surface area contributed by atoms with E-state index in [0.717, 1.165) is 110 Å². The number of benzene rings is 3. The third-order valence-corrected chi connectivity index (χ3v) is 23.3. The van der Waals surface area contributed by atoms with Gasteiger partial charge in [0.25, 0.3) is 0 Å². The molecule has 0 radical (unpaired) electrons. The first-order chi connectivity index (χ1) is 47.3.